The summed E-state index contributed by atoms with van der Waals surface area (Å²) in [5.41, 5.74) is 2.22. The van der Waals surface area contributed by atoms with Crippen molar-refractivity contribution in [2.24, 2.45) is 0 Å². The molecule has 0 radical (unpaired) electrons. The van der Waals surface area contributed by atoms with Gasteiger partial charge in [0, 0.05) is 6.54 Å². The number of carboxylic acid groups (broad SMARTS) is 1. The van der Waals surface area contributed by atoms with Crippen LogP contribution in [0.15, 0.2) is 24.3 Å². The van der Waals surface area contributed by atoms with Crippen LogP contribution >= 0.6 is 0 Å². The number of ether oxygens (including phenoxy) is 1. The van der Waals surface area contributed by atoms with Crippen molar-refractivity contribution in [1.29, 1.82) is 0 Å². The molecule has 5 heteroatoms. The summed E-state index contributed by atoms with van der Waals surface area (Å²) >= 11 is 0. The molecule has 0 saturated carbocycles. The molecule has 1 aliphatic rings. The molecule has 102 valence electrons. The molecule has 19 heavy (non-hydrogen) atoms. The van der Waals surface area contributed by atoms with Gasteiger partial charge in [-0.05, 0) is 25.8 Å². The first-order valence-electron chi connectivity index (χ1n) is 6.24. The molecule has 0 bridgehead atoms. The van der Waals surface area contributed by atoms with Gasteiger partial charge >= 0.3 is 12.1 Å². The second-order valence-electron chi connectivity index (χ2n) is 4.80. The van der Waals surface area contributed by atoms with Gasteiger partial charge in [0.2, 0.25) is 0 Å². The number of esters is 1. The lowest BCUT2D eigenvalue weighted by atomic mass is 10.0. The Morgan fingerprint density at radius 1 is 1.37 bits per heavy atom. The number of hydrogen-bond acceptors (Lipinski definition) is 3. The number of rotatable bonds is 4. The van der Waals surface area contributed by atoms with Crippen molar-refractivity contribution in [2.75, 3.05) is 6.54 Å². The lowest BCUT2D eigenvalue weighted by Crippen LogP contribution is -2.60. The fraction of sp³-hybridized carbons (Fsp3) is 0.429. The zero-order chi connectivity index (χ0) is 14.0. The third kappa shape index (κ3) is 2.86. The van der Waals surface area contributed by atoms with Gasteiger partial charge in [0.15, 0.2) is 6.04 Å². The maximum Gasteiger partial charge on any atom is 0.408 e. The minimum Gasteiger partial charge on any atom is -0.465 e. The van der Waals surface area contributed by atoms with Gasteiger partial charge in [0.25, 0.3) is 0 Å². The SMILES string of the molecule is Cc1ccc(CCN(C(=O)O)[C@H]2C(=O)O[C@H]2C)cc1. The van der Waals surface area contributed by atoms with Crippen LogP contribution in [-0.4, -0.2) is 40.8 Å². The third-order valence-corrected chi connectivity index (χ3v) is 3.33. The van der Waals surface area contributed by atoms with Crippen LogP contribution < -0.4 is 0 Å². The van der Waals surface area contributed by atoms with Gasteiger partial charge in [-0.1, -0.05) is 29.8 Å². The van der Waals surface area contributed by atoms with E-state index in [2.05, 4.69) is 0 Å². The highest BCUT2D eigenvalue weighted by atomic mass is 16.6. The van der Waals surface area contributed by atoms with Crippen molar-refractivity contribution in [2.45, 2.75) is 32.4 Å². The molecular weight excluding hydrogens is 246 g/mol. The van der Waals surface area contributed by atoms with E-state index in [1.54, 1.807) is 6.92 Å². The van der Waals surface area contributed by atoms with E-state index >= 15 is 0 Å². The second-order valence-corrected chi connectivity index (χ2v) is 4.80. The van der Waals surface area contributed by atoms with E-state index in [0.29, 0.717) is 13.0 Å². The summed E-state index contributed by atoms with van der Waals surface area (Å²) in [5, 5.41) is 9.18. The first kappa shape index (κ1) is 13.4. The Kier molecular flexibility index (Phi) is 3.74. The molecule has 0 aliphatic carbocycles. The number of aryl methyl sites for hydroxylation is 1. The highest BCUT2D eigenvalue weighted by Gasteiger charge is 2.45. The van der Waals surface area contributed by atoms with Crippen molar-refractivity contribution >= 4 is 12.1 Å². The molecule has 0 spiro atoms. The van der Waals surface area contributed by atoms with E-state index in [4.69, 9.17) is 4.74 Å². The van der Waals surface area contributed by atoms with E-state index in [9.17, 15) is 14.7 Å². The molecule has 1 aromatic rings. The summed E-state index contributed by atoms with van der Waals surface area (Å²) in [6.07, 6.45) is -0.856. The molecule has 5 nitrogen and oxygen atoms in total. The zero-order valence-corrected chi connectivity index (χ0v) is 11.0. The fourth-order valence-corrected chi connectivity index (χ4v) is 2.18. The van der Waals surface area contributed by atoms with Crippen molar-refractivity contribution in [3.05, 3.63) is 35.4 Å². The number of benzene rings is 1. The first-order valence-corrected chi connectivity index (χ1v) is 6.24. The van der Waals surface area contributed by atoms with Gasteiger partial charge in [-0.2, -0.15) is 0 Å². The van der Waals surface area contributed by atoms with Crippen molar-refractivity contribution < 1.29 is 19.4 Å². The molecule has 0 unspecified atom stereocenters. The quantitative estimate of drug-likeness (QED) is 0.842. The Hall–Kier alpha value is -2.04. The van der Waals surface area contributed by atoms with Crippen LogP contribution in [0.5, 0.6) is 0 Å². The predicted octanol–water partition coefficient (Wildman–Crippen LogP) is 1.83. The maximum absolute atomic E-state index is 11.3. The van der Waals surface area contributed by atoms with Crippen LogP contribution in [0.25, 0.3) is 0 Å². The van der Waals surface area contributed by atoms with Crippen LogP contribution in [0.1, 0.15) is 18.1 Å². The Balaban J connectivity index is 2.00. The fourth-order valence-electron chi connectivity index (χ4n) is 2.18. The highest BCUT2D eigenvalue weighted by Crippen LogP contribution is 2.21. The van der Waals surface area contributed by atoms with E-state index in [0.717, 1.165) is 16.0 Å². The number of hydrogen-bond donors (Lipinski definition) is 1. The molecule has 1 saturated heterocycles. The van der Waals surface area contributed by atoms with Gasteiger partial charge in [-0.25, -0.2) is 9.59 Å². The van der Waals surface area contributed by atoms with Crippen LogP contribution in [-0.2, 0) is 16.0 Å². The Morgan fingerprint density at radius 3 is 2.47 bits per heavy atom. The predicted molar refractivity (Wildman–Crippen MR) is 69.0 cm³/mol. The second kappa shape index (κ2) is 5.30. The minimum absolute atomic E-state index is 0.294. The Morgan fingerprint density at radius 2 is 2.00 bits per heavy atom. The summed E-state index contributed by atoms with van der Waals surface area (Å²) in [5.74, 6) is -0.459. The molecule has 1 amide bonds. The molecule has 1 aliphatic heterocycles. The first-order chi connectivity index (χ1) is 8.99. The molecular formula is C14H17NO4. The molecule has 1 aromatic carbocycles. The molecule has 1 heterocycles. The average Bonchev–Trinajstić information content (AvgIpc) is 2.36. The summed E-state index contributed by atoms with van der Waals surface area (Å²) in [6, 6.07) is 7.25. The third-order valence-electron chi connectivity index (χ3n) is 3.33. The van der Waals surface area contributed by atoms with E-state index in [1.165, 1.54) is 0 Å². The Labute approximate surface area is 111 Å². The van der Waals surface area contributed by atoms with E-state index in [1.807, 2.05) is 31.2 Å². The van der Waals surface area contributed by atoms with Crippen LogP contribution in [0.4, 0.5) is 4.79 Å². The van der Waals surface area contributed by atoms with Crippen molar-refractivity contribution in [1.82, 2.24) is 4.90 Å². The van der Waals surface area contributed by atoms with E-state index in [-0.39, 0.29) is 6.10 Å². The largest absolute Gasteiger partial charge is 0.465 e. The lowest BCUT2D eigenvalue weighted by Gasteiger charge is -2.39. The molecule has 0 aromatic heterocycles. The number of amides is 1. The van der Waals surface area contributed by atoms with Crippen molar-refractivity contribution in [3.63, 3.8) is 0 Å². The van der Waals surface area contributed by atoms with Gasteiger partial charge in [-0.15, -0.1) is 0 Å². The minimum atomic E-state index is -1.08. The number of carbonyl (C=O) groups excluding carboxylic acids is 1. The normalized spacial score (nSPS) is 21.5. The summed E-state index contributed by atoms with van der Waals surface area (Å²) in [7, 11) is 0. The van der Waals surface area contributed by atoms with Crippen LogP contribution in [0, 0.1) is 6.92 Å². The molecule has 1 fully saturated rings. The highest BCUT2D eigenvalue weighted by molar-refractivity contribution is 5.85. The van der Waals surface area contributed by atoms with Crippen molar-refractivity contribution in [3.8, 4) is 0 Å². The Bertz CT molecular complexity index is 483. The number of nitrogens with zero attached hydrogens (tertiary/aromatic N) is 1. The topological polar surface area (TPSA) is 66.8 Å². The van der Waals surface area contributed by atoms with Gasteiger partial charge in [0.1, 0.15) is 6.10 Å². The van der Waals surface area contributed by atoms with Crippen LogP contribution in [0.3, 0.4) is 0 Å². The van der Waals surface area contributed by atoms with Crippen LogP contribution in [0.2, 0.25) is 0 Å². The summed E-state index contributed by atoms with van der Waals surface area (Å²) in [4.78, 5) is 23.7. The molecule has 2 atom stereocenters. The van der Waals surface area contributed by atoms with Gasteiger partial charge in [0.05, 0.1) is 0 Å². The maximum atomic E-state index is 11.3. The monoisotopic (exact) mass is 263 g/mol. The average molecular weight is 263 g/mol. The standard InChI is InChI=1S/C14H17NO4/c1-9-3-5-11(6-4-9)7-8-15(14(17)18)12-10(2)19-13(12)16/h3-6,10,12H,7-8H2,1-2H3,(H,17,18)/t10-,12+/m0/s1. The molecule has 1 N–H and O–H groups in total. The molecule has 2 rings (SSSR count). The summed E-state index contributed by atoms with van der Waals surface area (Å²) in [6.45, 7) is 4.00. The number of carbonyl (C=O) groups is 2. The zero-order valence-electron chi connectivity index (χ0n) is 11.0. The smallest absolute Gasteiger partial charge is 0.408 e. The van der Waals surface area contributed by atoms with Gasteiger partial charge in [-0.3, -0.25) is 4.90 Å². The van der Waals surface area contributed by atoms with E-state index < -0.39 is 18.1 Å². The summed E-state index contributed by atoms with van der Waals surface area (Å²) < 4.78 is 4.81. The van der Waals surface area contributed by atoms with Gasteiger partial charge < -0.3 is 9.84 Å². The number of cyclic esters (lactones) is 1. The lowest BCUT2D eigenvalue weighted by molar-refractivity contribution is -0.183.